The van der Waals surface area contributed by atoms with Gasteiger partial charge in [0.05, 0.1) is 16.6 Å². The van der Waals surface area contributed by atoms with E-state index in [1.165, 1.54) is 11.3 Å². The summed E-state index contributed by atoms with van der Waals surface area (Å²) in [6, 6.07) is 9.49. The summed E-state index contributed by atoms with van der Waals surface area (Å²) in [5.74, 6) is 0.371. The van der Waals surface area contributed by atoms with Gasteiger partial charge in [0.2, 0.25) is 0 Å². The largest absolute Gasteiger partial charge is 0.389 e. The Morgan fingerprint density at radius 3 is 2.76 bits per heavy atom. The Morgan fingerprint density at radius 1 is 1.41 bits per heavy atom. The van der Waals surface area contributed by atoms with Crippen LogP contribution in [0.3, 0.4) is 0 Å². The number of nitriles is 1. The van der Waals surface area contributed by atoms with Crippen LogP contribution in [0, 0.1) is 11.3 Å². The summed E-state index contributed by atoms with van der Waals surface area (Å²) >= 11 is 1.51. The highest BCUT2D eigenvalue weighted by atomic mass is 32.1. The lowest BCUT2D eigenvalue weighted by atomic mass is 10.1. The molecule has 0 unspecified atom stereocenters. The molecule has 0 radical (unpaired) electrons. The van der Waals surface area contributed by atoms with Crippen molar-refractivity contribution in [1.29, 1.82) is 5.26 Å². The van der Waals surface area contributed by atoms with Crippen LogP contribution in [-0.4, -0.2) is 4.98 Å². The monoisotopic (exact) mass is 243 g/mol. The first-order valence-electron chi connectivity index (χ1n) is 5.38. The highest BCUT2D eigenvalue weighted by Crippen LogP contribution is 2.33. The van der Waals surface area contributed by atoms with Crippen molar-refractivity contribution in [3.63, 3.8) is 0 Å². The molecule has 86 valence electrons. The van der Waals surface area contributed by atoms with Crippen LogP contribution in [0.4, 0.5) is 5.00 Å². The highest BCUT2D eigenvalue weighted by Gasteiger charge is 2.12. The van der Waals surface area contributed by atoms with Gasteiger partial charge in [0.15, 0.2) is 0 Å². The van der Waals surface area contributed by atoms with E-state index in [0.717, 1.165) is 16.3 Å². The minimum atomic E-state index is 0.371. The molecule has 2 N–H and O–H groups in total. The molecule has 2 aromatic rings. The van der Waals surface area contributed by atoms with Gasteiger partial charge in [-0.25, -0.2) is 4.98 Å². The average molecular weight is 243 g/mol. The summed E-state index contributed by atoms with van der Waals surface area (Å²) < 4.78 is 0. The molecule has 4 heteroatoms. The van der Waals surface area contributed by atoms with Crippen molar-refractivity contribution >= 4 is 16.3 Å². The summed E-state index contributed by atoms with van der Waals surface area (Å²) in [6.07, 6.45) is 0. The van der Waals surface area contributed by atoms with Crippen LogP contribution >= 0.6 is 11.3 Å². The number of hydrogen-bond acceptors (Lipinski definition) is 4. The van der Waals surface area contributed by atoms with Crippen LogP contribution in [-0.2, 0) is 0 Å². The van der Waals surface area contributed by atoms with Gasteiger partial charge in [-0.15, -0.1) is 11.3 Å². The first-order valence-corrected chi connectivity index (χ1v) is 6.20. The lowest BCUT2D eigenvalue weighted by Gasteiger charge is -1.99. The molecule has 0 amide bonds. The topological polar surface area (TPSA) is 62.7 Å². The summed E-state index contributed by atoms with van der Waals surface area (Å²) in [6.45, 7) is 4.18. The van der Waals surface area contributed by atoms with Crippen LogP contribution in [0.5, 0.6) is 0 Å². The van der Waals surface area contributed by atoms with Gasteiger partial charge < -0.3 is 5.73 Å². The number of anilines is 1. The second-order valence-corrected chi connectivity index (χ2v) is 5.17. The fraction of sp³-hybridized carbons (Fsp3) is 0.231. The number of rotatable bonds is 2. The molecular formula is C13H13N3S. The third-order valence-electron chi connectivity index (χ3n) is 2.43. The number of thiazole rings is 1. The zero-order valence-electron chi connectivity index (χ0n) is 9.77. The molecular weight excluding hydrogens is 230 g/mol. The number of nitrogen functional groups attached to an aromatic ring is 1. The van der Waals surface area contributed by atoms with Crippen molar-refractivity contribution in [3.8, 4) is 17.3 Å². The molecule has 1 heterocycles. The molecule has 1 aromatic heterocycles. The van der Waals surface area contributed by atoms with Crippen LogP contribution < -0.4 is 5.73 Å². The molecule has 0 spiro atoms. The summed E-state index contributed by atoms with van der Waals surface area (Å²) in [7, 11) is 0. The van der Waals surface area contributed by atoms with Crippen LogP contribution in [0.2, 0.25) is 0 Å². The van der Waals surface area contributed by atoms with Crippen molar-refractivity contribution in [3.05, 3.63) is 34.8 Å². The van der Waals surface area contributed by atoms with Gasteiger partial charge in [-0.1, -0.05) is 26.0 Å². The third kappa shape index (κ3) is 2.29. The molecule has 1 aromatic carbocycles. The van der Waals surface area contributed by atoms with E-state index in [0.29, 0.717) is 16.5 Å². The molecule has 0 atom stereocenters. The second kappa shape index (κ2) is 4.56. The highest BCUT2D eigenvalue weighted by molar-refractivity contribution is 7.16. The Morgan fingerprint density at radius 2 is 2.18 bits per heavy atom. The second-order valence-electron chi connectivity index (χ2n) is 4.11. The minimum absolute atomic E-state index is 0.371. The smallest absolute Gasteiger partial charge is 0.114 e. The molecule has 0 aliphatic heterocycles. The Bertz CT molecular complexity index is 579. The first kappa shape index (κ1) is 11.6. The van der Waals surface area contributed by atoms with Gasteiger partial charge in [-0.05, 0) is 12.1 Å². The predicted molar refractivity (Wildman–Crippen MR) is 70.8 cm³/mol. The zero-order chi connectivity index (χ0) is 12.4. The predicted octanol–water partition coefficient (Wildman–Crippen LogP) is 3.39. The standard InChI is InChI=1S/C13H13N3S/c1-8(2)13-16-11(12(15)17-13)10-5-3-4-9(6-10)7-14/h3-6,8H,15H2,1-2H3. The quantitative estimate of drug-likeness (QED) is 0.879. The van der Waals surface area contributed by atoms with Crippen molar-refractivity contribution in [2.24, 2.45) is 0 Å². The van der Waals surface area contributed by atoms with Crippen LogP contribution in [0.15, 0.2) is 24.3 Å². The van der Waals surface area contributed by atoms with Crippen molar-refractivity contribution in [2.75, 3.05) is 5.73 Å². The van der Waals surface area contributed by atoms with Crippen LogP contribution in [0.25, 0.3) is 11.3 Å². The molecule has 0 bridgehead atoms. The lowest BCUT2D eigenvalue weighted by Crippen LogP contribution is -1.88. The Balaban J connectivity index is 2.49. The van der Waals surface area contributed by atoms with Crippen molar-refractivity contribution < 1.29 is 0 Å². The van der Waals surface area contributed by atoms with E-state index in [1.807, 2.05) is 18.2 Å². The number of benzene rings is 1. The van der Waals surface area contributed by atoms with E-state index in [1.54, 1.807) is 6.07 Å². The van der Waals surface area contributed by atoms with Crippen LogP contribution in [0.1, 0.15) is 30.3 Å². The minimum Gasteiger partial charge on any atom is -0.389 e. The van der Waals surface area contributed by atoms with Gasteiger partial charge in [0.25, 0.3) is 0 Å². The Labute approximate surface area is 105 Å². The normalized spacial score (nSPS) is 10.5. The van der Waals surface area contributed by atoms with Crippen molar-refractivity contribution in [2.45, 2.75) is 19.8 Å². The number of aromatic nitrogens is 1. The maximum atomic E-state index is 8.87. The summed E-state index contributed by atoms with van der Waals surface area (Å²) in [4.78, 5) is 4.54. The third-order valence-corrected chi connectivity index (χ3v) is 3.61. The summed E-state index contributed by atoms with van der Waals surface area (Å²) in [5.41, 5.74) is 8.30. The van der Waals surface area contributed by atoms with Gasteiger partial charge >= 0.3 is 0 Å². The number of hydrogen-bond donors (Lipinski definition) is 1. The maximum Gasteiger partial charge on any atom is 0.114 e. The van der Waals surface area contributed by atoms with Gasteiger partial charge in [-0.2, -0.15) is 5.26 Å². The number of nitrogens with two attached hydrogens (primary N) is 1. The molecule has 0 saturated heterocycles. The maximum absolute atomic E-state index is 8.87. The molecule has 0 aliphatic carbocycles. The zero-order valence-corrected chi connectivity index (χ0v) is 10.6. The Hall–Kier alpha value is -1.86. The SMILES string of the molecule is CC(C)c1nc(-c2cccc(C#N)c2)c(N)s1. The molecule has 2 rings (SSSR count). The molecule has 0 fully saturated rings. The Kier molecular flexibility index (Phi) is 3.12. The van der Waals surface area contributed by atoms with E-state index in [2.05, 4.69) is 24.9 Å². The number of nitrogens with zero attached hydrogens (tertiary/aromatic N) is 2. The van der Waals surface area contributed by atoms with E-state index in [9.17, 15) is 0 Å². The van der Waals surface area contributed by atoms with Gasteiger partial charge in [0.1, 0.15) is 10.7 Å². The fourth-order valence-corrected chi connectivity index (χ4v) is 2.40. The summed E-state index contributed by atoms with van der Waals surface area (Å²) in [5, 5.41) is 10.6. The lowest BCUT2D eigenvalue weighted by molar-refractivity contribution is 0.854. The van der Waals surface area contributed by atoms with Gasteiger partial charge in [0, 0.05) is 11.5 Å². The molecule has 0 aliphatic rings. The van der Waals surface area contributed by atoms with E-state index >= 15 is 0 Å². The molecule has 3 nitrogen and oxygen atoms in total. The van der Waals surface area contributed by atoms with E-state index < -0.39 is 0 Å². The fourth-order valence-electron chi connectivity index (χ4n) is 1.54. The first-order chi connectivity index (χ1) is 8.11. The van der Waals surface area contributed by atoms with Crippen molar-refractivity contribution in [1.82, 2.24) is 4.98 Å². The van der Waals surface area contributed by atoms with E-state index in [4.69, 9.17) is 11.0 Å². The van der Waals surface area contributed by atoms with E-state index in [-0.39, 0.29) is 0 Å². The average Bonchev–Trinajstić information content (AvgIpc) is 2.72. The van der Waals surface area contributed by atoms with Gasteiger partial charge in [-0.3, -0.25) is 0 Å². The molecule has 0 saturated carbocycles. The molecule has 17 heavy (non-hydrogen) atoms.